The molecule has 0 radical (unpaired) electrons. The Hall–Kier alpha value is -2.69. The third kappa shape index (κ3) is 4.41. The van der Waals surface area contributed by atoms with Gasteiger partial charge in [0.2, 0.25) is 5.91 Å². The van der Waals surface area contributed by atoms with Crippen LogP contribution < -0.4 is 10.6 Å². The maximum absolute atomic E-state index is 13.0. The van der Waals surface area contributed by atoms with Gasteiger partial charge in [-0.2, -0.15) is 0 Å². The smallest absolute Gasteiger partial charge is 0.253 e. The number of nitrogens with one attached hydrogen (secondary N) is 2. The minimum absolute atomic E-state index is 0.00207. The Kier molecular flexibility index (Phi) is 6.07. The van der Waals surface area contributed by atoms with Gasteiger partial charge in [-0.1, -0.05) is 31.2 Å². The summed E-state index contributed by atoms with van der Waals surface area (Å²) in [7, 11) is 1.54. The first-order valence-corrected chi connectivity index (χ1v) is 7.91. The highest BCUT2D eigenvalue weighted by Crippen LogP contribution is 2.24. The van der Waals surface area contributed by atoms with E-state index in [-0.39, 0.29) is 30.0 Å². The van der Waals surface area contributed by atoms with E-state index in [4.69, 9.17) is 0 Å². The summed E-state index contributed by atoms with van der Waals surface area (Å²) in [5, 5.41) is 5.35. The van der Waals surface area contributed by atoms with Gasteiger partial charge in [-0.25, -0.2) is 4.39 Å². The Balaban J connectivity index is 2.10. The quantitative estimate of drug-likeness (QED) is 0.849. The second kappa shape index (κ2) is 8.24. The van der Waals surface area contributed by atoms with Gasteiger partial charge in [0.25, 0.3) is 5.91 Å². The summed E-state index contributed by atoms with van der Waals surface area (Å²) >= 11 is 0. The molecule has 2 N–H and O–H groups in total. The van der Waals surface area contributed by atoms with Crippen molar-refractivity contribution in [1.82, 2.24) is 5.32 Å². The number of benzene rings is 2. The number of carbonyl (C=O) groups is 2. The summed E-state index contributed by atoms with van der Waals surface area (Å²) in [6.45, 7) is 1.99. The molecule has 0 bridgehead atoms. The van der Waals surface area contributed by atoms with Crippen molar-refractivity contribution in [2.24, 2.45) is 0 Å². The summed E-state index contributed by atoms with van der Waals surface area (Å²) in [5.74, 6) is -0.727. The fraction of sp³-hybridized carbons (Fsp3) is 0.263. The Morgan fingerprint density at radius 3 is 2.38 bits per heavy atom. The van der Waals surface area contributed by atoms with E-state index in [0.29, 0.717) is 11.3 Å². The second-order valence-electron chi connectivity index (χ2n) is 5.53. The molecule has 2 amide bonds. The first-order chi connectivity index (χ1) is 11.5. The van der Waals surface area contributed by atoms with Gasteiger partial charge >= 0.3 is 0 Å². The van der Waals surface area contributed by atoms with Crippen molar-refractivity contribution in [2.75, 3.05) is 12.4 Å². The number of amides is 2. The lowest BCUT2D eigenvalue weighted by atomic mass is 9.93. The predicted molar refractivity (Wildman–Crippen MR) is 92.5 cm³/mol. The van der Waals surface area contributed by atoms with Crippen LogP contribution in [0.4, 0.5) is 10.1 Å². The van der Waals surface area contributed by atoms with Crippen molar-refractivity contribution < 1.29 is 14.0 Å². The van der Waals surface area contributed by atoms with Gasteiger partial charge in [0.15, 0.2) is 0 Å². The van der Waals surface area contributed by atoms with Gasteiger partial charge in [0, 0.05) is 13.5 Å². The molecule has 126 valence electrons. The summed E-state index contributed by atoms with van der Waals surface area (Å²) < 4.78 is 13.0. The molecule has 2 aromatic rings. The van der Waals surface area contributed by atoms with Crippen LogP contribution in [0.2, 0.25) is 0 Å². The minimum atomic E-state index is -0.294. The number of carbonyl (C=O) groups excluding carboxylic acids is 2. The maximum Gasteiger partial charge on any atom is 0.253 e. The molecular formula is C19H21FN2O2. The van der Waals surface area contributed by atoms with Crippen molar-refractivity contribution in [3.05, 3.63) is 65.5 Å². The fourth-order valence-electron chi connectivity index (χ4n) is 2.58. The molecule has 0 spiro atoms. The first-order valence-electron chi connectivity index (χ1n) is 7.91. The van der Waals surface area contributed by atoms with Crippen molar-refractivity contribution in [3.63, 3.8) is 0 Å². The number of halogens is 1. The Bertz CT molecular complexity index is 714. The van der Waals surface area contributed by atoms with Crippen LogP contribution in [0.3, 0.4) is 0 Å². The molecule has 2 aromatic carbocycles. The zero-order valence-electron chi connectivity index (χ0n) is 13.8. The van der Waals surface area contributed by atoms with Crippen LogP contribution in [0.15, 0.2) is 48.5 Å². The van der Waals surface area contributed by atoms with Gasteiger partial charge in [0.1, 0.15) is 5.82 Å². The molecule has 1 atom stereocenters. The zero-order chi connectivity index (χ0) is 17.5. The second-order valence-corrected chi connectivity index (χ2v) is 5.53. The van der Waals surface area contributed by atoms with Crippen molar-refractivity contribution in [2.45, 2.75) is 25.7 Å². The third-order valence-corrected chi connectivity index (χ3v) is 3.94. The highest BCUT2D eigenvalue weighted by Gasteiger charge is 2.17. The fourth-order valence-corrected chi connectivity index (χ4v) is 2.58. The van der Waals surface area contributed by atoms with Gasteiger partial charge in [0.05, 0.1) is 11.3 Å². The molecule has 24 heavy (non-hydrogen) atoms. The lowest BCUT2D eigenvalue weighted by Gasteiger charge is -2.16. The van der Waals surface area contributed by atoms with Gasteiger partial charge in [-0.15, -0.1) is 0 Å². The minimum Gasteiger partial charge on any atom is -0.355 e. The van der Waals surface area contributed by atoms with E-state index in [1.807, 2.05) is 6.92 Å². The summed E-state index contributed by atoms with van der Waals surface area (Å²) in [6.07, 6.45) is 1.03. The summed E-state index contributed by atoms with van der Waals surface area (Å²) in [5.41, 5.74) is 1.83. The molecule has 0 aromatic heterocycles. The molecular weight excluding hydrogens is 307 g/mol. The number of hydrogen-bond acceptors (Lipinski definition) is 2. The molecule has 0 aliphatic carbocycles. The molecule has 5 heteroatoms. The lowest BCUT2D eigenvalue weighted by Crippen LogP contribution is -2.22. The van der Waals surface area contributed by atoms with Crippen LogP contribution in [0.25, 0.3) is 0 Å². The highest BCUT2D eigenvalue weighted by atomic mass is 19.1. The highest BCUT2D eigenvalue weighted by molar-refractivity contribution is 6.03. The van der Waals surface area contributed by atoms with Gasteiger partial charge in [-0.3, -0.25) is 9.59 Å². The van der Waals surface area contributed by atoms with E-state index < -0.39 is 0 Å². The molecule has 2 rings (SSSR count). The SMILES string of the molecule is CCC(CC(=O)Nc1ccccc1C(=O)NC)c1ccc(F)cc1. The van der Waals surface area contributed by atoms with Crippen LogP contribution in [-0.4, -0.2) is 18.9 Å². The molecule has 4 nitrogen and oxygen atoms in total. The molecule has 0 aliphatic rings. The molecule has 0 saturated heterocycles. The van der Waals surface area contributed by atoms with Gasteiger partial charge in [-0.05, 0) is 42.2 Å². The standard InChI is InChI=1S/C19H21FN2O2/c1-3-13(14-8-10-15(20)11-9-14)12-18(23)22-17-7-5-4-6-16(17)19(24)21-2/h4-11,13H,3,12H2,1-2H3,(H,21,24)(H,22,23). The van der Waals surface area contributed by atoms with E-state index in [0.717, 1.165) is 12.0 Å². The number of anilines is 1. The summed E-state index contributed by atoms with van der Waals surface area (Å²) in [4.78, 5) is 24.2. The van der Waals surface area contributed by atoms with Crippen molar-refractivity contribution in [3.8, 4) is 0 Å². The van der Waals surface area contributed by atoms with E-state index in [1.165, 1.54) is 12.1 Å². The predicted octanol–water partition coefficient (Wildman–Crippen LogP) is 3.71. The number of rotatable bonds is 6. The molecule has 0 heterocycles. The normalized spacial score (nSPS) is 11.6. The zero-order valence-corrected chi connectivity index (χ0v) is 13.8. The lowest BCUT2D eigenvalue weighted by molar-refractivity contribution is -0.116. The molecule has 1 unspecified atom stereocenters. The Morgan fingerprint density at radius 1 is 1.08 bits per heavy atom. The number of hydrogen-bond donors (Lipinski definition) is 2. The van der Waals surface area contributed by atoms with E-state index in [2.05, 4.69) is 10.6 Å². The van der Waals surface area contributed by atoms with E-state index >= 15 is 0 Å². The Morgan fingerprint density at radius 2 is 1.75 bits per heavy atom. The number of para-hydroxylation sites is 1. The molecule has 0 saturated carbocycles. The van der Waals surface area contributed by atoms with Gasteiger partial charge < -0.3 is 10.6 Å². The Labute approximate surface area is 141 Å². The van der Waals surface area contributed by atoms with Crippen LogP contribution in [0.1, 0.15) is 41.6 Å². The largest absolute Gasteiger partial charge is 0.355 e. The van der Waals surface area contributed by atoms with E-state index in [1.54, 1.807) is 43.4 Å². The van der Waals surface area contributed by atoms with Crippen LogP contribution >= 0.6 is 0 Å². The maximum atomic E-state index is 13.0. The monoisotopic (exact) mass is 328 g/mol. The van der Waals surface area contributed by atoms with Crippen molar-refractivity contribution >= 4 is 17.5 Å². The topological polar surface area (TPSA) is 58.2 Å². The molecule has 0 fully saturated rings. The molecule has 0 aliphatic heterocycles. The van der Waals surface area contributed by atoms with Crippen molar-refractivity contribution in [1.29, 1.82) is 0 Å². The van der Waals surface area contributed by atoms with Crippen LogP contribution in [0, 0.1) is 5.82 Å². The average Bonchev–Trinajstić information content (AvgIpc) is 2.60. The van der Waals surface area contributed by atoms with E-state index in [9.17, 15) is 14.0 Å². The first kappa shape index (κ1) is 17.7. The third-order valence-electron chi connectivity index (χ3n) is 3.94. The average molecular weight is 328 g/mol. The summed E-state index contributed by atoms with van der Waals surface area (Å²) in [6, 6.07) is 13.1. The van der Waals surface area contributed by atoms with Crippen LogP contribution in [-0.2, 0) is 4.79 Å². The van der Waals surface area contributed by atoms with Crippen LogP contribution in [0.5, 0.6) is 0 Å².